The predicted octanol–water partition coefficient (Wildman–Crippen LogP) is 4.27. The molecule has 0 saturated carbocycles. The average Bonchev–Trinajstić information content (AvgIpc) is 2.30. The lowest BCUT2D eigenvalue weighted by Crippen LogP contribution is -1.88. The van der Waals surface area contributed by atoms with Gasteiger partial charge in [-0.25, -0.2) is 0 Å². The highest BCUT2D eigenvalue weighted by atomic mass is 16.5. The van der Waals surface area contributed by atoms with Crippen LogP contribution in [0.5, 0.6) is 5.75 Å². The van der Waals surface area contributed by atoms with E-state index in [1.807, 2.05) is 43.3 Å². The minimum absolute atomic E-state index is 0.699. The first-order chi connectivity index (χ1) is 7.75. The topological polar surface area (TPSA) is 9.23 Å². The van der Waals surface area contributed by atoms with Crippen LogP contribution < -0.4 is 4.74 Å². The third-order valence-electron chi connectivity index (χ3n) is 2.23. The number of ether oxygens (including phenoxy) is 1. The van der Waals surface area contributed by atoms with Crippen LogP contribution in [0.2, 0.25) is 0 Å². The monoisotopic (exact) mass is 210 g/mol. The Balaban J connectivity index is 2.33. The number of hydrogen-bond donors (Lipinski definition) is 0. The maximum absolute atomic E-state index is 5.48. The molecule has 1 heteroatoms. The molecule has 0 heterocycles. The summed E-state index contributed by atoms with van der Waals surface area (Å²) in [4.78, 5) is 0. The van der Waals surface area contributed by atoms with Gasteiger partial charge in [-0.1, -0.05) is 49.0 Å². The number of rotatable bonds is 3. The first-order valence-corrected chi connectivity index (χ1v) is 5.24. The van der Waals surface area contributed by atoms with Gasteiger partial charge in [0.05, 0.1) is 5.76 Å². The first kappa shape index (κ1) is 10.5. The quantitative estimate of drug-likeness (QED) is 0.687. The molecule has 0 aromatic heterocycles. The summed E-state index contributed by atoms with van der Waals surface area (Å²) < 4.78 is 5.48. The first-order valence-electron chi connectivity index (χ1n) is 5.24. The Labute approximate surface area is 96.0 Å². The van der Waals surface area contributed by atoms with Crippen LogP contribution in [0.3, 0.4) is 0 Å². The Kier molecular flexibility index (Phi) is 3.06. The van der Waals surface area contributed by atoms with E-state index in [2.05, 4.69) is 24.8 Å². The van der Waals surface area contributed by atoms with Crippen LogP contribution in [0.15, 0.2) is 66.9 Å². The van der Waals surface area contributed by atoms with Gasteiger partial charge in [0.1, 0.15) is 5.75 Å². The summed E-state index contributed by atoms with van der Waals surface area (Å²) in [5.74, 6) is 1.53. The maximum Gasteiger partial charge on any atom is 0.127 e. The summed E-state index contributed by atoms with van der Waals surface area (Å²) in [7, 11) is 0. The van der Waals surface area contributed by atoms with Gasteiger partial charge in [0.15, 0.2) is 0 Å². The molecule has 0 amide bonds. The van der Waals surface area contributed by atoms with Crippen molar-refractivity contribution in [1.29, 1.82) is 0 Å². The molecule has 0 aliphatic carbocycles. The maximum atomic E-state index is 5.48. The van der Waals surface area contributed by atoms with E-state index in [0.717, 1.165) is 11.3 Å². The highest BCUT2D eigenvalue weighted by molar-refractivity contribution is 5.64. The van der Waals surface area contributed by atoms with Gasteiger partial charge in [-0.3, -0.25) is 0 Å². The molecule has 2 rings (SSSR count). The van der Waals surface area contributed by atoms with Crippen LogP contribution in [0.1, 0.15) is 6.92 Å². The van der Waals surface area contributed by atoms with E-state index < -0.39 is 0 Å². The molecule has 0 spiro atoms. The van der Waals surface area contributed by atoms with Crippen LogP contribution in [-0.2, 0) is 0 Å². The number of benzene rings is 2. The molecule has 1 nitrogen and oxygen atoms in total. The van der Waals surface area contributed by atoms with Gasteiger partial charge in [0.25, 0.3) is 0 Å². The van der Waals surface area contributed by atoms with Crippen molar-refractivity contribution in [1.82, 2.24) is 0 Å². The van der Waals surface area contributed by atoms with Gasteiger partial charge >= 0.3 is 0 Å². The van der Waals surface area contributed by atoms with E-state index in [4.69, 9.17) is 4.74 Å². The predicted molar refractivity (Wildman–Crippen MR) is 67.3 cm³/mol. The third kappa shape index (κ3) is 2.51. The lowest BCUT2D eigenvalue weighted by molar-refractivity contribution is 0.431. The molecule has 16 heavy (non-hydrogen) atoms. The van der Waals surface area contributed by atoms with Gasteiger partial charge in [-0.15, -0.1) is 0 Å². The molecular weight excluding hydrogens is 196 g/mol. The fourth-order valence-corrected chi connectivity index (χ4v) is 1.57. The van der Waals surface area contributed by atoms with Crippen LogP contribution in [0.4, 0.5) is 0 Å². The summed E-state index contributed by atoms with van der Waals surface area (Å²) in [5.41, 5.74) is 2.34. The Morgan fingerprint density at radius 2 is 1.62 bits per heavy atom. The summed E-state index contributed by atoms with van der Waals surface area (Å²) in [5, 5.41) is 0. The molecule has 0 atom stereocenters. The second kappa shape index (κ2) is 4.67. The summed E-state index contributed by atoms with van der Waals surface area (Å²) >= 11 is 0. The minimum atomic E-state index is 0.699. The van der Waals surface area contributed by atoms with Gasteiger partial charge in [0, 0.05) is 0 Å². The zero-order valence-electron chi connectivity index (χ0n) is 9.31. The van der Waals surface area contributed by atoms with Crippen molar-refractivity contribution in [3.63, 3.8) is 0 Å². The second-order valence-corrected chi connectivity index (χ2v) is 3.70. The molecule has 2 aromatic carbocycles. The van der Waals surface area contributed by atoms with Crippen LogP contribution in [0, 0.1) is 0 Å². The Hall–Kier alpha value is -2.02. The standard InChI is InChI=1S/C15H14O/c1-12(2)16-15-10-6-9-14(11-15)13-7-4-3-5-8-13/h3-11H,1H2,2H3. The summed E-state index contributed by atoms with van der Waals surface area (Å²) in [6, 6.07) is 18.2. The largest absolute Gasteiger partial charge is 0.463 e. The summed E-state index contributed by atoms with van der Waals surface area (Å²) in [6.45, 7) is 5.57. The van der Waals surface area contributed by atoms with Crippen LogP contribution in [0.25, 0.3) is 11.1 Å². The molecule has 80 valence electrons. The lowest BCUT2D eigenvalue weighted by Gasteiger charge is -2.07. The van der Waals surface area contributed by atoms with Gasteiger partial charge in [-0.2, -0.15) is 0 Å². The molecule has 0 radical (unpaired) electrons. The Bertz CT molecular complexity index is 486. The van der Waals surface area contributed by atoms with Crippen LogP contribution in [-0.4, -0.2) is 0 Å². The van der Waals surface area contributed by atoms with Crippen molar-refractivity contribution in [2.75, 3.05) is 0 Å². The third-order valence-corrected chi connectivity index (χ3v) is 2.23. The van der Waals surface area contributed by atoms with E-state index in [-0.39, 0.29) is 0 Å². The normalized spacial score (nSPS) is 9.81. The second-order valence-electron chi connectivity index (χ2n) is 3.70. The van der Waals surface area contributed by atoms with Crippen molar-refractivity contribution in [2.45, 2.75) is 6.92 Å². The van der Waals surface area contributed by atoms with E-state index in [1.54, 1.807) is 0 Å². The molecule has 2 aromatic rings. The SMILES string of the molecule is C=C(C)Oc1cccc(-c2ccccc2)c1. The van der Waals surface area contributed by atoms with Crippen molar-refractivity contribution >= 4 is 0 Å². The minimum Gasteiger partial charge on any atom is -0.463 e. The fraction of sp³-hybridized carbons (Fsp3) is 0.0667. The average molecular weight is 210 g/mol. The molecular formula is C15H14O. The van der Waals surface area contributed by atoms with E-state index >= 15 is 0 Å². The molecule has 0 aliphatic heterocycles. The number of hydrogen-bond acceptors (Lipinski definition) is 1. The van der Waals surface area contributed by atoms with Crippen LogP contribution >= 0.6 is 0 Å². The Morgan fingerprint density at radius 3 is 2.31 bits per heavy atom. The summed E-state index contributed by atoms with van der Waals surface area (Å²) in [6.07, 6.45) is 0. The molecule has 0 aliphatic rings. The highest BCUT2D eigenvalue weighted by Gasteiger charge is 1.99. The smallest absolute Gasteiger partial charge is 0.127 e. The van der Waals surface area contributed by atoms with E-state index in [1.165, 1.54) is 5.56 Å². The lowest BCUT2D eigenvalue weighted by atomic mass is 10.1. The van der Waals surface area contributed by atoms with Gasteiger partial charge in [-0.05, 0) is 30.2 Å². The zero-order valence-corrected chi connectivity index (χ0v) is 9.31. The zero-order chi connectivity index (χ0) is 11.4. The van der Waals surface area contributed by atoms with Crippen molar-refractivity contribution in [3.8, 4) is 16.9 Å². The van der Waals surface area contributed by atoms with Crippen molar-refractivity contribution in [3.05, 3.63) is 66.9 Å². The van der Waals surface area contributed by atoms with E-state index in [0.29, 0.717) is 5.76 Å². The molecule has 0 bridgehead atoms. The molecule has 0 fully saturated rings. The molecule has 0 N–H and O–H groups in total. The van der Waals surface area contributed by atoms with Gasteiger partial charge < -0.3 is 4.74 Å². The highest BCUT2D eigenvalue weighted by Crippen LogP contribution is 2.24. The van der Waals surface area contributed by atoms with Crippen molar-refractivity contribution < 1.29 is 4.74 Å². The van der Waals surface area contributed by atoms with Gasteiger partial charge in [0.2, 0.25) is 0 Å². The molecule has 0 saturated heterocycles. The van der Waals surface area contributed by atoms with Crippen molar-refractivity contribution in [2.24, 2.45) is 0 Å². The number of allylic oxidation sites excluding steroid dienone is 1. The van der Waals surface area contributed by atoms with E-state index in [9.17, 15) is 0 Å². The Morgan fingerprint density at radius 1 is 0.938 bits per heavy atom. The fourth-order valence-electron chi connectivity index (χ4n) is 1.57. The molecule has 0 unspecified atom stereocenters.